The van der Waals surface area contributed by atoms with Crippen molar-refractivity contribution in [2.75, 3.05) is 11.9 Å². The molecule has 4 heterocycles. The zero-order valence-electron chi connectivity index (χ0n) is 21.9. The average Bonchev–Trinajstić information content (AvgIpc) is 3.40. The molecule has 194 valence electrons. The standard InChI is InChI=1S/C30H32N6OS/c1-20-9-11-24(12-10-20)33-27(37)13-16-35-29(28(34-30(35)38)26-8-4-5-15-32-26)25-17-21(2)36(22(25)3)19-23-7-6-14-31-18-23/h4-12,14-15,17-18,28-29H,13,16,19H2,1-3H3,(H,33,37)(H,34,38). The third kappa shape index (κ3) is 5.45. The number of benzene rings is 1. The zero-order valence-corrected chi connectivity index (χ0v) is 22.7. The molecule has 8 heteroatoms. The number of amides is 1. The lowest BCUT2D eigenvalue weighted by atomic mass is 9.96. The van der Waals surface area contributed by atoms with Crippen LogP contribution in [-0.4, -0.2) is 37.0 Å². The molecule has 3 aromatic heterocycles. The first-order valence-electron chi connectivity index (χ1n) is 12.8. The summed E-state index contributed by atoms with van der Waals surface area (Å²) < 4.78 is 2.31. The number of nitrogens with zero attached hydrogens (tertiary/aromatic N) is 4. The first kappa shape index (κ1) is 25.6. The Morgan fingerprint density at radius 1 is 1.05 bits per heavy atom. The van der Waals surface area contributed by atoms with Gasteiger partial charge in [0.2, 0.25) is 5.91 Å². The lowest BCUT2D eigenvalue weighted by Crippen LogP contribution is -2.33. The maximum absolute atomic E-state index is 12.9. The Bertz CT molecular complexity index is 1420. The molecule has 1 fully saturated rings. The van der Waals surface area contributed by atoms with Gasteiger partial charge in [-0.05, 0) is 80.5 Å². The summed E-state index contributed by atoms with van der Waals surface area (Å²) in [7, 11) is 0. The maximum Gasteiger partial charge on any atom is 0.226 e. The fraction of sp³-hybridized carbons (Fsp3) is 0.267. The van der Waals surface area contributed by atoms with Crippen LogP contribution in [0, 0.1) is 20.8 Å². The van der Waals surface area contributed by atoms with Gasteiger partial charge < -0.3 is 20.1 Å². The van der Waals surface area contributed by atoms with Gasteiger partial charge in [0.15, 0.2) is 5.11 Å². The van der Waals surface area contributed by atoms with Crippen LogP contribution in [0.3, 0.4) is 0 Å². The second kappa shape index (κ2) is 11.1. The second-order valence-corrected chi connectivity index (χ2v) is 10.1. The monoisotopic (exact) mass is 524 g/mol. The molecule has 0 saturated carbocycles. The normalized spacial score (nSPS) is 16.9. The van der Waals surface area contributed by atoms with Crippen LogP contribution in [0.1, 0.15) is 52.3 Å². The minimum Gasteiger partial charge on any atom is -0.352 e. The van der Waals surface area contributed by atoms with Crippen LogP contribution in [0.15, 0.2) is 79.3 Å². The predicted molar refractivity (Wildman–Crippen MR) is 154 cm³/mol. The van der Waals surface area contributed by atoms with E-state index in [2.05, 4.69) is 56.0 Å². The highest BCUT2D eigenvalue weighted by atomic mass is 32.1. The lowest BCUT2D eigenvalue weighted by Gasteiger charge is -2.28. The molecule has 1 saturated heterocycles. The van der Waals surface area contributed by atoms with E-state index in [-0.39, 0.29) is 18.0 Å². The van der Waals surface area contributed by atoms with Crippen molar-refractivity contribution < 1.29 is 4.79 Å². The maximum atomic E-state index is 12.9. The molecule has 7 nitrogen and oxygen atoms in total. The number of thiocarbonyl (C=S) groups is 1. The number of aryl methyl sites for hydroxylation is 2. The number of carbonyl (C=O) groups excluding carboxylic acids is 1. The van der Waals surface area contributed by atoms with Gasteiger partial charge in [0.25, 0.3) is 0 Å². The summed E-state index contributed by atoms with van der Waals surface area (Å²) in [6.45, 7) is 7.53. The van der Waals surface area contributed by atoms with Crippen molar-refractivity contribution in [1.82, 2.24) is 24.8 Å². The van der Waals surface area contributed by atoms with E-state index >= 15 is 0 Å². The molecule has 1 aromatic carbocycles. The van der Waals surface area contributed by atoms with E-state index in [4.69, 9.17) is 12.2 Å². The molecular formula is C30H32N6OS. The molecule has 2 N–H and O–H groups in total. The van der Waals surface area contributed by atoms with E-state index in [9.17, 15) is 4.79 Å². The highest BCUT2D eigenvalue weighted by molar-refractivity contribution is 7.80. The zero-order chi connectivity index (χ0) is 26.6. The van der Waals surface area contributed by atoms with Crippen molar-refractivity contribution in [2.45, 2.75) is 45.8 Å². The molecule has 1 amide bonds. The number of rotatable bonds is 8. The van der Waals surface area contributed by atoms with Crippen LogP contribution < -0.4 is 10.6 Å². The molecule has 1 aliphatic rings. The molecule has 1 aliphatic heterocycles. The number of pyridine rings is 2. The summed E-state index contributed by atoms with van der Waals surface area (Å²) in [5, 5.41) is 7.13. The third-order valence-electron chi connectivity index (χ3n) is 7.11. The minimum absolute atomic E-state index is 0.0428. The van der Waals surface area contributed by atoms with Gasteiger partial charge in [0, 0.05) is 55.2 Å². The molecule has 2 atom stereocenters. The summed E-state index contributed by atoms with van der Waals surface area (Å²) >= 11 is 5.82. The Morgan fingerprint density at radius 2 is 1.87 bits per heavy atom. The molecule has 38 heavy (non-hydrogen) atoms. The lowest BCUT2D eigenvalue weighted by molar-refractivity contribution is -0.116. The van der Waals surface area contributed by atoms with Gasteiger partial charge in [0.05, 0.1) is 17.8 Å². The van der Waals surface area contributed by atoms with Crippen LogP contribution in [0.2, 0.25) is 0 Å². The van der Waals surface area contributed by atoms with E-state index in [0.717, 1.165) is 40.4 Å². The van der Waals surface area contributed by atoms with Crippen LogP contribution in [0.25, 0.3) is 0 Å². The molecule has 0 radical (unpaired) electrons. The molecule has 2 unspecified atom stereocenters. The summed E-state index contributed by atoms with van der Waals surface area (Å²) in [5.41, 5.74) is 7.52. The summed E-state index contributed by atoms with van der Waals surface area (Å²) in [6.07, 6.45) is 5.82. The molecule has 4 aromatic rings. The molecule has 0 bridgehead atoms. The van der Waals surface area contributed by atoms with Crippen molar-refractivity contribution >= 4 is 28.9 Å². The van der Waals surface area contributed by atoms with Gasteiger partial charge in [-0.25, -0.2) is 0 Å². The Hall–Kier alpha value is -4.04. The van der Waals surface area contributed by atoms with E-state index in [1.54, 1.807) is 12.4 Å². The SMILES string of the molecule is Cc1ccc(NC(=O)CCN2C(=S)NC(c3ccccn3)C2c2cc(C)n(Cc3cccnc3)c2C)cc1. The van der Waals surface area contributed by atoms with Crippen molar-refractivity contribution in [1.29, 1.82) is 0 Å². The largest absolute Gasteiger partial charge is 0.352 e. The van der Waals surface area contributed by atoms with Gasteiger partial charge >= 0.3 is 0 Å². The number of hydrogen-bond acceptors (Lipinski definition) is 4. The Labute approximate surface area is 228 Å². The highest BCUT2D eigenvalue weighted by Crippen LogP contribution is 2.41. The van der Waals surface area contributed by atoms with Crippen LogP contribution in [0.4, 0.5) is 5.69 Å². The van der Waals surface area contributed by atoms with Gasteiger partial charge in [-0.3, -0.25) is 14.8 Å². The number of anilines is 1. The number of hydrogen-bond donors (Lipinski definition) is 2. The quantitative estimate of drug-likeness (QED) is 0.307. The van der Waals surface area contributed by atoms with Gasteiger partial charge in [-0.15, -0.1) is 0 Å². The molecular weight excluding hydrogens is 492 g/mol. The highest BCUT2D eigenvalue weighted by Gasteiger charge is 2.41. The molecule has 0 aliphatic carbocycles. The van der Waals surface area contributed by atoms with Crippen LogP contribution >= 0.6 is 12.2 Å². The minimum atomic E-state index is -0.129. The van der Waals surface area contributed by atoms with E-state index < -0.39 is 0 Å². The summed E-state index contributed by atoms with van der Waals surface area (Å²) in [4.78, 5) is 23.9. The first-order valence-corrected chi connectivity index (χ1v) is 13.2. The smallest absolute Gasteiger partial charge is 0.226 e. The first-order chi connectivity index (χ1) is 18.4. The number of aromatic nitrogens is 3. The fourth-order valence-corrected chi connectivity index (χ4v) is 5.44. The Balaban J connectivity index is 1.42. The summed E-state index contributed by atoms with van der Waals surface area (Å²) in [5.74, 6) is -0.0428. The Morgan fingerprint density at radius 3 is 2.58 bits per heavy atom. The third-order valence-corrected chi connectivity index (χ3v) is 7.46. The van der Waals surface area contributed by atoms with Gasteiger partial charge in [-0.2, -0.15) is 0 Å². The van der Waals surface area contributed by atoms with Crippen molar-refractivity contribution in [3.63, 3.8) is 0 Å². The fourth-order valence-electron chi connectivity index (χ4n) is 5.11. The van der Waals surface area contributed by atoms with Crippen molar-refractivity contribution in [3.8, 4) is 0 Å². The van der Waals surface area contributed by atoms with E-state index in [1.807, 2.05) is 61.7 Å². The van der Waals surface area contributed by atoms with Crippen molar-refractivity contribution in [3.05, 3.63) is 113 Å². The molecule has 5 rings (SSSR count). The number of carbonyl (C=O) groups is 1. The van der Waals surface area contributed by atoms with Crippen LogP contribution in [0.5, 0.6) is 0 Å². The van der Waals surface area contributed by atoms with E-state index in [0.29, 0.717) is 18.1 Å². The summed E-state index contributed by atoms with van der Waals surface area (Å²) in [6, 6.07) is 19.8. The topological polar surface area (TPSA) is 75.1 Å². The molecule has 0 spiro atoms. The van der Waals surface area contributed by atoms with Crippen molar-refractivity contribution in [2.24, 2.45) is 0 Å². The predicted octanol–water partition coefficient (Wildman–Crippen LogP) is 5.25. The van der Waals surface area contributed by atoms with Crippen LogP contribution in [-0.2, 0) is 11.3 Å². The number of nitrogens with one attached hydrogen (secondary N) is 2. The van der Waals surface area contributed by atoms with Gasteiger partial charge in [0.1, 0.15) is 0 Å². The Kier molecular flexibility index (Phi) is 7.51. The van der Waals surface area contributed by atoms with E-state index in [1.165, 1.54) is 5.56 Å². The van der Waals surface area contributed by atoms with Gasteiger partial charge in [-0.1, -0.05) is 29.8 Å². The average molecular weight is 525 g/mol. The second-order valence-electron chi connectivity index (χ2n) is 9.76.